The lowest BCUT2D eigenvalue weighted by molar-refractivity contribution is -0.126. The maximum absolute atomic E-state index is 12.4. The van der Waals surface area contributed by atoms with Gasteiger partial charge in [-0.2, -0.15) is 0 Å². The van der Waals surface area contributed by atoms with Gasteiger partial charge in [-0.1, -0.05) is 30.3 Å². The smallest absolute Gasteiger partial charge is 0.223 e. The second-order valence-electron chi connectivity index (χ2n) is 6.51. The summed E-state index contributed by atoms with van der Waals surface area (Å²) >= 11 is 0. The highest BCUT2D eigenvalue weighted by atomic mass is 16.1. The first kappa shape index (κ1) is 14.6. The van der Waals surface area contributed by atoms with Gasteiger partial charge in [0.25, 0.3) is 0 Å². The minimum atomic E-state index is 0.229. The zero-order chi connectivity index (χ0) is 14.5. The molecular weight excluding hydrogens is 260 g/mol. The number of hydrogen-bond donors (Lipinski definition) is 2. The van der Waals surface area contributed by atoms with Crippen molar-refractivity contribution in [3.63, 3.8) is 0 Å². The Hall–Kier alpha value is -1.35. The standard InChI is InChI=1S/C18H26N2O/c21-18(20-17-7-4-12-19-13-17)16-10-8-15(9-11-16)14-5-2-1-3-6-14/h1-3,5-6,15-17,19H,4,7-13H2,(H,20,21). The van der Waals surface area contributed by atoms with Crippen molar-refractivity contribution in [2.24, 2.45) is 5.92 Å². The summed E-state index contributed by atoms with van der Waals surface area (Å²) in [5, 5.41) is 6.60. The van der Waals surface area contributed by atoms with Crippen LogP contribution in [0.4, 0.5) is 0 Å². The van der Waals surface area contributed by atoms with Crippen LogP contribution >= 0.6 is 0 Å². The predicted molar refractivity (Wildman–Crippen MR) is 85.2 cm³/mol. The summed E-state index contributed by atoms with van der Waals surface area (Å²) in [5.41, 5.74) is 1.44. The molecule has 0 bridgehead atoms. The fourth-order valence-electron chi connectivity index (χ4n) is 3.71. The van der Waals surface area contributed by atoms with Gasteiger partial charge in [0, 0.05) is 18.5 Å². The van der Waals surface area contributed by atoms with Gasteiger partial charge in [-0.05, 0) is 56.6 Å². The SMILES string of the molecule is O=C(NC1CCCNC1)C1CCC(c2ccccc2)CC1. The summed E-state index contributed by atoms with van der Waals surface area (Å²) in [6.45, 7) is 2.03. The molecule has 1 aliphatic carbocycles. The maximum Gasteiger partial charge on any atom is 0.223 e. The Bertz CT molecular complexity index is 446. The molecule has 2 fully saturated rings. The van der Waals surface area contributed by atoms with Gasteiger partial charge in [0.05, 0.1) is 0 Å². The Morgan fingerprint density at radius 3 is 2.48 bits per heavy atom. The minimum Gasteiger partial charge on any atom is -0.352 e. The van der Waals surface area contributed by atoms with E-state index in [-0.39, 0.29) is 11.8 Å². The van der Waals surface area contributed by atoms with Crippen molar-refractivity contribution >= 4 is 5.91 Å². The van der Waals surface area contributed by atoms with E-state index in [2.05, 4.69) is 41.0 Å². The summed E-state index contributed by atoms with van der Waals surface area (Å²) < 4.78 is 0. The number of carbonyl (C=O) groups is 1. The molecule has 0 radical (unpaired) electrons. The molecule has 21 heavy (non-hydrogen) atoms. The highest BCUT2D eigenvalue weighted by Crippen LogP contribution is 2.35. The topological polar surface area (TPSA) is 41.1 Å². The van der Waals surface area contributed by atoms with E-state index >= 15 is 0 Å². The molecule has 1 saturated heterocycles. The third kappa shape index (κ3) is 3.85. The molecule has 1 saturated carbocycles. The van der Waals surface area contributed by atoms with Gasteiger partial charge in [0.2, 0.25) is 5.91 Å². The van der Waals surface area contributed by atoms with Crippen molar-refractivity contribution in [3.8, 4) is 0 Å². The second kappa shape index (κ2) is 7.08. The number of benzene rings is 1. The van der Waals surface area contributed by atoms with Crippen molar-refractivity contribution < 1.29 is 4.79 Å². The van der Waals surface area contributed by atoms with Crippen LogP contribution in [0.25, 0.3) is 0 Å². The van der Waals surface area contributed by atoms with Crippen LogP contribution in [0.5, 0.6) is 0 Å². The van der Waals surface area contributed by atoms with Gasteiger partial charge in [-0.3, -0.25) is 4.79 Å². The molecule has 0 aromatic heterocycles. The number of amides is 1. The van der Waals surface area contributed by atoms with Crippen LogP contribution in [-0.2, 0) is 4.79 Å². The lowest BCUT2D eigenvalue weighted by Gasteiger charge is -2.30. The first-order valence-corrected chi connectivity index (χ1v) is 8.39. The molecule has 1 amide bonds. The van der Waals surface area contributed by atoms with E-state index in [1.807, 2.05) is 0 Å². The maximum atomic E-state index is 12.4. The van der Waals surface area contributed by atoms with Crippen LogP contribution in [0, 0.1) is 5.92 Å². The van der Waals surface area contributed by atoms with Crippen molar-refractivity contribution in [1.82, 2.24) is 10.6 Å². The molecule has 3 rings (SSSR count). The van der Waals surface area contributed by atoms with Gasteiger partial charge < -0.3 is 10.6 Å². The Kier molecular flexibility index (Phi) is 4.91. The van der Waals surface area contributed by atoms with E-state index in [0.717, 1.165) is 45.2 Å². The zero-order valence-electron chi connectivity index (χ0n) is 12.7. The minimum absolute atomic E-state index is 0.229. The largest absolute Gasteiger partial charge is 0.352 e. The number of rotatable bonds is 3. The van der Waals surface area contributed by atoms with E-state index in [4.69, 9.17) is 0 Å². The molecule has 3 heteroatoms. The van der Waals surface area contributed by atoms with Crippen LogP contribution in [0.1, 0.15) is 50.0 Å². The number of nitrogens with one attached hydrogen (secondary N) is 2. The Labute approximate surface area is 127 Å². The molecule has 1 aromatic carbocycles. The fourth-order valence-corrected chi connectivity index (χ4v) is 3.71. The molecule has 1 aliphatic heterocycles. The van der Waals surface area contributed by atoms with Gasteiger partial charge in [-0.25, -0.2) is 0 Å². The van der Waals surface area contributed by atoms with E-state index in [0.29, 0.717) is 12.0 Å². The lowest BCUT2D eigenvalue weighted by Crippen LogP contribution is -2.47. The van der Waals surface area contributed by atoms with Crippen LogP contribution in [-0.4, -0.2) is 25.0 Å². The van der Waals surface area contributed by atoms with Crippen LogP contribution in [0.3, 0.4) is 0 Å². The third-order valence-electron chi connectivity index (χ3n) is 5.01. The van der Waals surface area contributed by atoms with Gasteiger partial charge >= 0.3 is 0 Å². The Morgan fingerprint density at radius 1 is 1.05 bits per heavy atom. The predicted octanol–water partition coefficient (Wildman–Crippen LogP) is 2.83. The second-order valence-corrected chi connectivity index (χ2v) is 6.51. The molecule has 0 spiro atoms. The fraction of sp³-hybridized carbons (Fsp3) is 0.611. The Morgan fingerprint density at radius 2 is 1.81 bits per heavy atom. The van der Waals surface area contributed by atoms with E-state index in [1.165, 1.54) is 12.0 Å². The average molecular weight is 286 g/mol. The molecule has 3 nitrogen and oxygen atoms in total. The summed E-state index contributed by atoms with van der Waals surface area (Å²) in [6, 6.07) is 11.1. The van der Waals surface area contributed by atoms with Crippen molar-refractivity contribution in [2.45, 2.75) is 50.5 Å². The molecule has 114 valence electrons. The number of piperidine rings is 1. The monoisotopic (exact) mass is 286 g/mol. The Balaban J connectivity index is 1.47. The summed E-state index contributed by atoms with van der Waals surface area (Å²) in [4.78, 5) is 12.4. The molecule has 1 atom stereocenters. The molecule has 1 heterocycles. The highest BCUT2D eigenvalue weighted by Gasteiger charge is 2.28. The lowest BCUT2D eigenvalue weighted by atomic mass is 9.78. The van der Waals surface area contributed by atoms with Crippen LogP contribution in [0.15, 0.2) is 30.3 Å². The normalized spacial score (nSPS) is 29.8. The van der Waals surface area contributed by atoms with E-state index < -0.39 is 0 Å². The third-order valence-corrected chi connectivity index (χ3v) is 5.01. The average Bonchev–Trinajstić information content (AvgIpc) is 2.57. The highest BCUT2D eigenvalue weighted by molar-refractivity contribution is 5.79. The van der Waals surface area contributed by atoms with Crippen molar-refractivity contribution in [1.29, 1.82) is 0 Å². The molecule has 1 aromatic rings. The molecular formula is C18H26N2O. The van der Waals surface area contributed by atoms with Crippen LogP contribution < -0.4 is 10.6 Å². The van der Waals surface area contributed by atoms with Gasteiger partial charge in [0.15, 0.2) is 0 Å². The number of carbonyl (C=O) groups excluding carboxylic acids is 1. The van der Waals surface area contributed by atoms with Crippen molar-refractivity contribution in [2.75, 3.05) is 13.1 Å². The quantitative estimate of drug-likeness (QED) is 0.897. The summed E-state index contributed by atoms with van der Waals surface area (Å²) in [6.07, 6.45) is 6.65. The summed E-state index contributed by atoms with van der Waals surface area (Å²) in [5.74, 6) is 1.16. The summed E-state index contributed by atoms with van der Waals surface area (Å²) in [7, 11) is 0. The van der Waals surface area contributed by atoms with Crippen molar-refractivity contribution in [3.05, 3.63) is 35.9 Å². The van der Waals surface area contributed by atoms with E-state index in [9.17, 15) is 4.79 Å². The molecule has 2 aliphatic rings. The van der Waals surface area contributed by atoms with Crippen LogP contribution in [0.2, 0.25) is 0 Å². The molecule has 1 unspecified atom stereocenters. The first-order chi connectivity index (χ1) is 10.3. The number of hydrogen-bond acceptors (Lipinski definition) is 2. The first-order valence-electron chi connectivity index (χ1n) is 8.39. The van der Waals surface area contributed by atoms with E-state index in [1.54, 1.807) is 0 Å². The van der Waals surface area contributed by atoms with Gasteiger partial charge in [0.1, 0.15) is 0 Å². The zero-order valence-corrected chi connectivity index (χ0v) is 12.7. The van der Waals surface area contributed by atoms with Gasteiger partial charge in [-0.15, -0.1) is 0 Å². The molecule has 2 N–H and O–H groups in total.